The summed E-state index contributed by atoms with van der Waals surface area (Å²) < 4.78 is 1.47. The fourth-order valence-corrected chi connectivity index (χ4v) is 1.61. The van der Waals surface area contributed by atoms with Crippen molar-refractivity contribution in [2.75, 3.05) is 11.9 Å². The van der Waals surface area contributed by atoms with Crippen molar-refractivity contribution >= 4 is 23.3 Å². The summed E-state index contributed by atoms with van der Waals surface area (Å²) in [5.74, 6) is -1.08. The zero-order valence-electron chi connectivity index (χ0n) is 9.38. The standard InChI is InChI=1S/C11H11ClN4O2/c12-8-2-1-3-9(6-8)13-4-5-16-7-10(11(17)18)14-15-16/h1-3,6-7,13H,4-5H2,(H,17,18). The summed E-state index contributed by atoms with van der Waals surface area (Å²) in [5, 5.41) is 19.7. The number of carbonyl (C=O) groups is 1. The van der Waals surface area contributed by atoms with Crippen LogP contribution in [0.2, 0.25) is 5.02 Å². The molecule has 1 aromatic heterocycles. The average Bonchev–Trinajstić information content (AvgIpc) is 2.78. The monoisotopic (exact) mass is 266 g/mol. The minimum atomic E-state index is -1.08. The van der Waals surface area contributed by atoms with Gasteiger partial charge in [0.25, 0.3) is 0 Å². The number of nitrogens with zero attached hydrogens (tertiary/aromatic N) is 3. The van der Waals surface area contributed by atoms with Crippen LogP contribution in [0.15, 0.2) is 30.5 Å². The third-order valence-corrected chi connectivity index (χ3v) is 2.49. The van der Waals surface area contributed by atoms with Gasteiger partial charge in [0.05, 0.1) is 12.7 Å². The number of aromatic carboxylic acids is 1. The minimum absolute atomic E-state index is 0.0576. The molecular weight excluding hydrogens is 256 g/mol. The number of nitrogens with one attached hydrogen (secondary N) is 1. The first kappa shape index (κ1) is 12.4. The topological polar surface area (TPSA) is 80.0 Å². The molecule has 0 saturated carbocycles. The molecule has 2 N–H and O–H groups in total. The van der Waals surface area contributed by atoms with E-state index in [4.69, 9.17) is 16.7 Å². The molecule has 0 radical (unpaired) electrons. The maximum atomic E-state index is 10.6. The second-order valence-corrected chi connectivity index (χ2v) is 4.05. The van der Waals surface area contributed by atoms with E-state index < -0.39 is 5.97 Å². The highest BCUT2D eigenvalue weighted by molar-refractivity contribution is 6.30. The van der Waals surface area contributed by atoms with Gasteiger partial charge < -0.3 is 10.4 Å². The van der Waals surface area contributed by atoms with Gasteiger partial charge in [0, 0.05) is 17.3 Å². The summed E-state index contributed by atoms with van der Waals surface area (Å²) in [6, 6.07) is 7.35. The van der Waals surface area contributed by atoms with Crippen molar-refractivity contribution in [3.8, 4) is 0 Å². The number of halogens is 1. The van der Waals surface area contributed by atoms with Gasteiger partial charge in [-0.25, -0.2) is 9.48 Å². The van der Waals surface area contributed by atoms with Gasteiger partial charge in [-0.15, -0.1) is 5.10 Å². The van der Waals surface area contributed by atoms with Crippen molar-refractivity contribution in [3.05, 3.63) is 41.2 Å². The first-order valence-corrected chi connectivity index (χ1v) is 5.66. The summed E-state index contributed by atoms with van der Waals surface area (Å²) >= 11 is 5.85. The van der Waals surface area contributed by atoms with E-state index in [0.717, 1.165) is 5.69 Å². The molecule has 0 aliphatic heterocycles. The molecule has 0 bridgehead atoms. The number of carboxylic acid groups (broad SMARTS) is 1. The van der Waals surface area contributed by atoms with Crippen LogP contribution in [0.25, 0.3) is 0 Å². The van der Waals surface area contributed by atoms with E-state index in [1.165, 1.54) is 10.9 Å². The van der Waals surface area contributed by atoms with Crippen molar-refractivity contribution in [2.45, 2.75) is 6.54 Å². The highest BCUT2D eigenvalue weighted by Gasteiger charge is 2.07. The van der Waals surface area contributed by atoms with Gasteiger partial charge in [-0.3, -0.25) is 0 Å². The van der Waals surface area contributed by atoms with Gasteiger partial charge >= 0.3 is 5.97 Å². The van der Waals surface area contributed by atoms with Crippen LogP contribution in [0.5, 0.6) is 0 Å². The average molecular weight is 267 g/mol. The van der Waals surface area contributed by atoms with Gasteiger partial charge in [0.2, 0.25) is 0 Å². The summed E-state index contributed by atoms with van der Waals surface area (Å²) in [5.41, 5.74) is 0.846. The van der Waals surface area contributed by atoms with E-state index in [2.05, 4.69) is 15.6 Å². The van der Waals surface area contributed by atoms with Crippen LogP contribution in [-0.4, -0.2) is 32.6 Å². The lowest BCUT2D eigenvalue weighted by Gasteiger charge is -2.05. The summed E-state index contributed by atoms with van der Waals surface area (Å²) in [6.07, 6.45) is 1.39. The molecule has 7 heteroatoms. The van der Waals surface area contributed by atoms with E-state index in [9.17, 15) is 4.79 Å². The minimum Gasteiger partial charge on any atom is -0.476 e. The second kappa shape index (κ2) is 5.50. The van der Waals surface area contributed by atoms with Crippen LogP contribution in [0.4, 0.5) is 5.69 Å². The number of aromatic nitrogens is 3. The van der Waals surface area contributed by atoms with Crippen LogP contribution in [0, 0.1) is 0 Å². The molecule has 0 unspecified atom stereocenters. The Bertz CT molecular complexity index is 555. The third-order valence-electron chi connectivity index (χ3n) is 2.25. The third kappa shape index (κ3) is 3.21. The number of carboxylic acids is 1. The van der Waals surface area contributed by atoms with Gasteiger partial charge in [-0.1, -0.05) is 22.9 Å². The number of rotatable bonds is 5. The number of hydrogen-bond donors (Lipinski definition) is 2. The Morgan fingerprint density at radius 1 is 1.50 bits per heavy atom. The van der Waals surface area contributed by atoms with Crippen LogP contribution in [0.3, 0.4) is 0 Å². The Morgan fingerprint density at radius 2 is 2.33 bits per heavy atom. The lowest BCUT2D eigenvalue weighted by Crippen LogP contribution is -2.11. The predicted octanol–water partition coefficient (Wildman–Crippen LogP) is 1.74. The van der Waals surface area contributed by atoms with Crippen LogP contribution in [0.1, 0.15) is 10.5 Å². The largest absolute Gasteiger partial charge is 0.476 e. The van der Waals surface area contributed by atoms with Crippen molar-refractivity contribution in [2.24, 2.45) is 0 Å². The van der Waals surface area contributed by atoms with Crippen molar-refractivity contribution in [3.63, 3.8) is 0 Å². The molecular formula is C11H11ClN4O2. The zero-order chi connectivity index (χ0) is 13.0. The van der Waals surface area contributed by atoms with Gasteiger partial charge in [-0.2, -0.15) is 0 Å². The molecule has 18 heavy (non-hydrogen) atoms. The Balaban J connectivity index is 1.86. The Morgan fingerprint density at radius 3 is 3.00 bits per heavy atom. The van der Waals surface area contributed by atoms with Gasteiger partial charge in [0.15, 0.2) is 5.69 Å². The zero-order valence-corrected chi connectivity index (χ0v) is 10.1. The fraction of sp³-hybridized carbons (Fsp3) is 0.182. The molecule has 0 spiro atoms. The van der Waals surface area contributed by atoms with Crippen molar-refractivity contribution in [1.82, 2.24) is 15.0 Å². The fourth-order valence-electron chi connectivity index (χ4n) is 1.42. The van der Waals surface area contributed by atoms with E-state index in [-0.39, 0.29) is 5.69 Å². The molecule has 0 aliphatic carbocycles. The smallest absolute Gasteiger partial charge is 0.358 e. The Kier molecular flexibility index (Phi) is 3.78. The first-order chi connectivity index (χ1) is 8.65. The van der Waals surface area contributed by atoms with Gasteiger partial charge in [-0.05, 0) is 18.2 Å². The van der Waals surface area contributed by atoms with Crippen molar-refractivity contribution in [1.29, 1.82) is 0 Å². The Labute approximate surface area is 108 Å². The predicted molar refractivity (Wildman–Crippen MR) is 66.9 cm³/mol. The van der Waals surface area contributed by atoms with E-state index in [1.54, 1.807) is 6.07 Å². The molecule has 0 atom stereocenters. The summed E-state index contributed by atoms with van der Waals surface area (Å²) in [7, 11) is 0. The molecule has 6 nitrogen and oxygen atoms in total. The maximum absolute atomic E-state index is 10.6. The highest BCUT2D eigenvalue weighted by Crippen LogP contribution is 2.14. The molecule has 0 saturated heterocycles. The van der Waals surface area contributed by atoms with Crippen LogP contribution in [-0.2, 0) is 6.54 Å². The van der Waals surface area contributed by atoms with Crippen molar-refractivity contribution < 1.29 is 9.90 Å². The normalized spacial score (nSPS) is 10.3. The van der Waals surface area contributed by atoms with E-state index in [1.807, 2.05) is 18.2 Å². The molecule has 2 aromatic rings. The quantitative estimate of drug-likeness (QED) is 0.862. The van der Waals surface area contributed by atoms with Crippen LogP contribution < -0.4 is 5.32 Å². The lowest BCUT2D eigenvalue weighted by molar-refractivity contribution is 0.0690. The summed E-state index contributed by atoms with van der Waals surface area (Å²) in [4.78, 5) is 10.6. The molecule has 0 fully saturated rings. The highest BCUT2D eigenvalue weighted by atomic mass is 35.5. The molecule has 0 aliphatic rings. The number of benzene rings is 1. The maximum Gasteiger partial charge on any atom is 0.358 e. The molecule has 94 valence electrons. The summed E-state index contributed by atoms with van der Waals surface area (Å²) in [6.45, 7) is 1.12. The van der Waals surface area contributed by atoms with E-state index in [0.29, 0.717) is 18.1 Å². The lowest BCUT2D eigenvalue weighted by atomic mass is 10.3. The van der Waals surface area contributed by atoms with Crippen LogP contribution >= 0.6 is 11.6 Å². The number of hydrogen-bond acceptors (Lipinski definition) is 4. The molecule has 1 aromatic carbocycles. The Hall–Kier alpha value is -2.08. The first-order valence-electron chi connectivity index (χ1n) is 5.28. The second-order valence-electron chi connectivity index (χ2n) is 3.61. The SMILES string of the molecule is O=C(O)c1cn(CCNc2cccc(Cl)c2)nn1. The molecule has 1 heterocycles. The number of anilines is 1. The van der Waals surface area contributed by atoms with E-state index >= 15 is 0 Å². The molecule has 2 rings (SSSR count). The van der Waals surface area contributed by atoms with Gasteiger partial charge in [0.1, 0.15) is 0 Å². The molecule has 0 amide bonds.